The molecule has 0 aliphatic heterocycles. The first kappa shape index (κ1) is 5.29. The van der Waals surface area contributed by atoms with Crippen molar-refractivity contribution in [1.82, 2.24) is 0 Å². The van der Waals surface area contributed by atoms with Gasteiger partial charge < -0.3 is 0 Å². The maximum absolute atomic E-state index is 8.58. The molecule has 0 saturated heterocycles. The molecule has 2 saturated carbocycles. The Kier molecular flexibility index (Phi) is 0.883. The zero-order valence-corrected chi connectivity index (χ0v) is 5.56. The molecule has 0 radical (unpaired) electrons. The second-order valence-electron chi connectivity index (χ2n) is 3.46. The van der Waals surface area contributed by atoms with Gasteiger partial charge in [0.1, 0.15) is 0 Å². The normalized spacial score (nSPS) is 36.6. The van der Waals surface area contributed by atoms with Crippen molar-refractivity contribution in [3.05, 3.63) is 0 Å². The average molecular weight is 121 g/mol. The van der Waals surface area contributed by atoms with Crippen LogP contribution in [-0.2, 0) is 0 Å². The first-order valence-corrected chi connectivity index (χ1v) is 3.77. The molecule has 2 aliphatic carbocycles. The Balaban J connectivity index is 2.07. The summed E-state index contributed by atoms with van der Waals surface area (Å²) in [6, 6.07) is 2.37. The number of nitrogens with zero attached hydrogens (tertiary/aromatic N) is 1. The molecule has 1 nitrogen and oxygen atoms in total. The van der Waals surface area contributed by atoms with Crippen molar-refractivity contribution in [3.63, 3.8) is 0 Å². The number of hydrogen-bond acceptors (Lipinski definition) is 1. The lowest BCUT2D eigenvalue weighted by atomic mass is 10.0. The third-order valence-electron chi connectivity index (χ3n) is 2.94. The highest BCUT2D eigenvalue weighted by molar-refractivity contribution is 5.13. The minimum absolute atomic E-state index is 0.444. The highest BCUT2D eigenvalue weighted by atomic mass is 14.6. The SMILES string of the molecule is N#CC1CC12CCCC2. The van der Waals surface area contributed by atoms with E-state index in [-0.39, 0.29) is 0 Å². The van der Waals surface area contributed by atoms with Crippen LogP contribution in [0.25, 0.3) is 0 Å². The molecule has 0 aromatic carbocycles. The van der Waals surface area contributed by atoms with Crippen molar-refractivity contribution >= 4 is 0 Å². The molecule has 2 rings (SSSR count). The van der Waals surface area contributed by atoms with Gasteiger partial charge in [0.05, 0.1) is 12.0 Å². The minimum Gasteiger partial charge on any atom is -0.198 e. The van der Waals surface area contributed by atoms with Crippen LogP contribution in [0.1, 0.15) is 32.1 Å². The van der Waals surface area contributed by atoms with Crippen molar-refractivity contribution in [2.24, 2.45) is 11.3 Å². The lowest BCUT2D eigenvalue weighted by Crippen LogP contribution is -1.93. The van der Waals surface area contributed by atoms with Crippen LogP contribution in [0.15, 0.2) is 0 Å². The van der Waals surface area contributed by atoms with Gasteiger partial charge in [0.2, 0.25) is 0 Å². The smallest absolute Gasteiger partial charge is 0.0661 e. The van der Waals surface area contributed by atoms with Crippen LogP contribution in [0.2, 0.25) is 0 Å². The zero-order chi connectivity index (χ0) is 6.32. The van der Waals surface area contributed by atoms with E-state index >= 15 is 0 Å². The third kappa shape index (κ3) is 0.594. The molecule has 1 unspecified atom stereocenters. The van der Waals surface area contributed by atoms with Gasteiger partial charge >= 0.3 is 0 Å². The van der Waals surface area contributed by atoms with Gasteiger partial charge in [-0.1, -0.05) is 12.8 Å². The van der Waals surface area contributed by atoms with Gasteiger partial charge in [-0.2, -0.15) is 5.26 Å². The molecule has 48 valence electrons. The zero-order valence-electron chi connectivity index (χ0n) is 5.56. The fraction of sp³-hybridized carbons (Fsp3) is 0.875. The summed E-state index contributed by atoms with van der Waals surface area (Å²) in [6.07, 6.45) is 6.64. The quantitative estimate of drug-likeness (QED) is 0.481. The molecule has 0 bridgehead atoms. The van der Waals surface area contributed by atoms with Gasteiger partial charge in [-0.05, 0) is 24.7 Å². The summed E-state index contributed by atoms with van der Waals surface area (Å²) in [6.45, 7) is 0. The molecule has 9 heavy (non-hydrogen) atoms. The summed E-state index contributed by atoms with van der Waals surface area (Å²) in [5.41, 5.74) is 0.550. The summed E-state index contributed by atoms with van der Waals surface area (Å²) < 4.78 is 0. The molecule has 0 aromatic heterocycles. The number of hydrogen-bond donors (Lipinski definition) is 0. The Labute approximate surface area is 55.7 Å². The van der Waals surface area contributed by atoms with E-state index in [1.165, 1.54) is 32.1 Å². The Morgan fingerprint density at radius 3 is 2.44 bits per heavy atom. The first-order chi connectivity index (χ1) is 4.37. The van der Waals surface area contributed by atoms with Crippen LogP contribution in [-0.4, -0.2) is 0 Å². The molecule has 2 fully saturated rings. The molecule has 1 atom stereocenters. The van der Waals surface area contributed by atoms with E-state index in [1.54, 1.807) is 0 Å². The van der Waals surface area contributed by atoms with Gasteiger partial charge in [-0.25, -0.2) is 0 Å². The van der Waals surface area contributed by atoms with E-state index < -0.39 is 0 Å². The van der Waals surface area contributed by atoms with E-state index in [1.807, 2.05) is 0 Å². The summed E-state index contributed by atoms with van der Waals surface area (Å²) >= 11 is 0. The predicted molar refractivity (Wildman–Crippen MR) is 34.6 cm³/mol. The molecule has 0 aromatic rings. The molecular weight excluding hydrogens is 110 g/mol. The van der Waals surface area contributed by atoms with Gasteiger partial charge in [0.15, 0.2) is 0 Å². The highest BCUT2D eigenvalue weighted by Gasteiger charge is 2.55. The predicted octanol–water partition coefficient (Wildman–Crippen LogP) is 2.09. The lowest BCUT2D eigenvalue weighted by molar-refractivity contribution is 0.506. The maximum atomic E-state index is 8.58. The van der Waals surface area contributed by atoms with Crippen LogP contribution >= 0.6 is 0 Å². The van der Waals surface area contributed by atoms with Crippen LogP contribution in [0.5, 0.6) is 0 Å². The van der Waals surface area contributed by atoms with Crippen LogP contribution in [0, 0.1) is 22.7 Å². The molecule has 0 N–H and O–H groups in total. The van der Waals surface area contributed by atoms with Crippen LogP contribution in [0.3, 0.4) is 0 Å². The second-order valence-corrected chi connectivity index (χ2v) is 3.46. The van der Waals surface area contributed by atoms with E-state index in [9.17, 15) is 0 Å². The fourth-order valence-electron chi connectivity index (χ4n) is 2.16. The fourth-order valence-corrected chi connectivity index (χ4v) is 2.16. The minimum atomic E-state index is 0.444. The molecule has 2 aliphatic rings. The van der Waals surface area contributed by atoms with Crippen LogP contribution in [0.4, 0.5) is 0 Å². The van der Waals surface area contributed by atoms with Crippen molar-refractivity contribution in [1.29, 1.82) is 5.26 Å². The largest absolute Gasteiger partial charge is 0.198 e. The standard InChI is InChI=1S/C8H11N/c9-6-7-5-8(7)3-1-2-4-8/h7H,1-5H2. The topological polar surface area (TPSA) is 23.8 Å². The Morgan fingerprint density at radius 1 is 1.33 bits per heavy atom. The van der Waals surface area contributed by atoms with Crippen molar-refractivity contribution in [3.8, 4) is 6.07 Å². The molecule has 0 heterocycles. The monoisotopic (exact) mass is 121 g/mol. The van der Waals surface area contributed by atoms with E-state index in [0.717, 1.165) is 0 Å². The lowest BCUT2D eigenvalue weighted by Gasteiger charge is -2.00. The van der Waals surface area contributed by atoms with Crippen molar-refractivity contribution in [2.75, 3.05) is 0 Å². The maximum Gasteiger partial charge on any atom is 0.0661 e. The number of nitriles is 1. The van der Waals surface area contributed by atoms with Gasteiger partial charge in [-0.15, -0.1) is 0 Å². The second kappa shape index (κ2) is 1.50. The van der Waals surface area contributed by atoms with Crippen LogP contribution < -0.4 is 0 Å². The van der Waals surface area contributed by atoms with Crippen molar-refractivity contribution in [2.45, 2.75) is 32.1 Å². The summed E-state index contributed by atoms with van der Waals surface area (Å²) in [5.74, 6) is 0.444. The molecule has 0 amide bonds. The highest BCUT2D eigenvalue weighted by Crippen LogP contribution is 2.62. The Hall–Kier alpha value is -0.510. The van der Waals surface area contributed by atoms with E-state index in [2.05, 4.69) is 6.07 Å². The third-order valence-corrected chi connectivity index (χ3v) is 2.94. The molecular formula is C8H11N. The first-order valence-electron chi connectivity index (χ1n) is 3.77. The summed E-state index contributed by atoms with van der Waals surface area (Å²) in [7, 11) is 0. The van der Waals surface area contributed by atoms with Gasteiger partial charge in [0, 0.05) is 0 Å². The Morgan fingerprint density at radius 2 is 2.00 bits per heavy atom. The summed E-state index contributed by atoms with van der Waals surface area (Å²) in [4.78, 5) is 0. The Bertz CT molecular complexity index is 160. The number of rotatable bonds is 0. The average Bonchev–Trinajstić information content (AvgIpc) is 2.30. The van der Waals surface area contributed by atoms with Crippen molar-refractivity contribution < 1.29 is 0 Å². The van der Waals surface area contributed by atoms with E-state index in [4.69, 9.17) is 5.26 Å². The summed E-state index contributed by atoms with van der Waals surface area (Å²) in [5, 5.41) is 8.58. The van der Waals surface area contributed by atoms with Gasteiger partial charge in [-0.3, -0.25) is 0 Å². The van der Waals surface area contributed by atoms with E-state index in [0.29, 0.717) is 11.3 Å². The molecule has 1 spiro atoms. The van der Waals surface area contributed by atoms with Gasteiger partial charge in [0.25, 0.3) is 0 Å². The molecule has 1 heteroatoms.